The van der Waals surface area contributed by atoms with Gasteiger partial charge in [-0.2, -0.15) is 21.0 Å². The van der Waals surface area contributed by atoms with Crippen LogP contribution in [0.5, 0.6) is 0 Å². The maximum absolute atomic E-state index is 10.6. The maximum Gasteiger partial charge on any atom is 0.274 e. The lowest BCUT2D eigenvalue weighted by Crippen LogP contribution is -2.40. The van der Waals surface area contributed by atoms with E-state index in [9.17, 15) is 8.42 Å². The van der Waals surface area contributed by atoms with E-state index >= 15 is 0 Å². The summed E-state index contributed by atoms with van der Waals surface area (Å²) >= 11 is 4.33. The first-order valence-electron chi connectivity index (χ1n) is 4.04. The first-order valence-corrected chi connectivity index (χ1v) is 6.10. The van der Waals surface area contributed by atoms with Gasteiger partial charge in [-0.1, -0.05) is 0 Å². The monoisotopic (exact) mass is 225 g/mol. The third-order valence-corrected chi connectivity index (χ3v) is 3.13. The number of nitrogens with one attached hydrogen (secondary N) is 1. The molecule has 0 radical (unpaired) electrons. The van der Waals surface area contributed by atoms with E-state index in [0.29, 0.717) is 11.8 Å². The Kier molecular flexibility index (Phi) is 3.58. The highest BCUT2D eigenvalue weighted by Gasteiger charge is 2.27. The average Bonchev–Trinajstić information content (AvgIpc) is 2.24. The van der Waals surface area contributed by atoms with Crippen molar-refractivity contribution in [1.29, 1.82) is 0 Å². The standard InChI is InChI=1S/C6H15N3O2S2/c1-9-4-6(12)2-5(9)3-8-13(7,10)11/h5-6,8,12H,2-4H2,1H3,(H2,7,10,11)/t5-,6-/m0/s1. The van der Waals surface area contributed by atoms with Crippen molar-refractivity contribution in [3.63, 3.8) is 0 Å². The van der Waals surface area contributed by atoms with E-state index in [4.69, 9.17) is 5.14 Å². The van der Waals surface area contributed by atoms with Gasteiger partial charge in [0.15, 0.2) is 0 Å². The molecule has 1 rings (SSSR count). The Morgan fingerprint density at radius 2 is 2.31 bits per heavy atom. The van der Waals surface area contributed by atoms with E-state index in [1.807, 2.05) is 7.05 Å². The first kappa shape index (κ1) is 11.3. The number of hydrogen-bond donors (Lipinski definition) is 3. The fraction of sp³-hybridized carbons (Fsp3) is 1.00. The summed E-state index contributed by atoms with van der Waals surface area (Å²) < 4.78 is 23.5. The molecule has 1 aliphatic rings. The Morgan fingerprint density at radius 3 is 2.69 bits per heavy atom. The highest BCUT2D eigenvalue weighted by Crippen LogP contribution is 2.19. The van der Waals surface area contributed by atoms with Crippen LogP contribution in [0.15, 0.2) is 0 Å². The summed E-state index contributed by atoms with van der Waals surface area (Å²) in [5, 5.41) is 5.15. The van der Waals surface area contributed by atoms with Crippen LogP contribution in [0.25, 0.3) is 0 Å². The van der Waals surface area contributed by atoms with Crippen molar-refractivity contribution in [2.24, 2.45) is 5.14 Å². The zero-order valence-corrected chi connectivity index (χ0v) is 9.18. The molecule has 0 bridgehead atoms. The van der Waals surface area contributed by atoms with Crippen LogP contribution >= 0.6 is 12.6 Å². The van der Waals surface area contributed by atoms with Crippen molar-refractivity contribution in [2.45, 2.75) is 17.7 Å². The number of hydrogen-bond acceptors (Lipinski definition) is 4. The van der Waals surface area contributed by atoms with Crippen LogP contribution in [0.4, 0.5) is 0 Å². The Balaban J connectivity index is 2.38. The van der Waals surface area contributed by atoms with E-state index in [1.165, 1.54) is 0 Å². The number of thiol groups is 1. The maximum atomic E-state index is 10.6. The van der Waals surface area contributed by atoms with Crippen LogP contribution in [0.2, 0.25) is 0 Å². The van der Waals surface area contributed by atoms with Crippen LogP contribution in [0.1, 0.15) is 6.42 Å². The van der Waals surface area contributed by atoms with Gasteiger partial charge in [0.05, 0.1) is 0 Å². The predicted octanol–water partition coefficient (Wildman–Crippen LogP) is -1.22. The molecule has 0 amide bonds. The summed E-state index contributed by atoms with van der Waals surface area (Å²) in [6.07, 6.45) is 0.891. The minimum Gasteiger partial charge on any atom is -0.301 e. The molecule has 7 heteroatoms. The van der Waals surface area contributed by atoms with Gasteiger partial charge >= 0.3 is 0 Å². The number of likely N-dealkylation sites (N-methyl/N-ethyl adjacent to an activating group) is 1. The van der Waals surface area contributed by atoms with Gasteiger partial charge in [-0.25, -0.2) is 9.86 Å². The van der Waals surface area contributed by atoms with Gasteiger partial charge in [-0.05, 0) is 13.5 Å². The van der Waals surface area contributed by atoms with Gasteiger partial charge in [-0.15, -0.1) is 0 Å². The van der Waals surface area contributed by atoms with Crippen molar-refractivity contribution >= 4 is 22.8 Å². The lowest BCUT2D eigenvalue weighted by Gasteiger charge is -2.18. The molecule has 1 heterocycles. The van der Waals surface area contributed by atoms with Gasteiger partial charge < -0.3 is 4.90 Å². The smallest absolute Gasteiger partial charge is 0.274 e. The highest BCUT2D eigenvalue weighted by molar-refractivity contribution is 7.87. The molecule has 0 aliphatic carbocycles. The van der Waals surface area contributed by atoms with Crippen LogP contribution in [-0.2, 0) is 10.2 Å². The fourth-order valence-corrected chi connectivity index (χ4v) is 2.43. The van der Waals surface area contributed by atoms with Crippen molar-refractivity contribution in [3.8, 4) is 0 Å². The largest absolute Gasteiger partial charge is 0.301 e. The van der Waals surface area contributed by atoms with E-state index in [2.05, 4.69) is 22.3 Å². The van der Waals surface area contributed by atoms with Crippen molar-refractivity contribution in [1.82, 2.24) is 9.62 Å². The van der Waals surface area contributed by atoms with Gasteiger partial charge in [0, 0.05) is 24.4 Å². The molecular weight excluding hydrogens is 210 g/mol. The molecule has 0 aromatic rings. The van der Waals surface area contributed by atoms with Gasteiger partial charge in [0.2, 0.25) is 0 Å². The lowest BCUT2D eigenvalue weighted by molar-refractivity contribution is 0.311. The Bertz CT molecular complexity index is 267. The molecule has 1 aliphatic heterocycles. The molecule has 1 saturated heterocycles. The molecule has 1 fully saturated rings. The summed E-state index contributed by atoms with van der Waals surface area (Å²) in [7, 11) is -1.60. The summed E-state index contributed by atoms with van der Waals surface area (Å²) in [6.45, 7) is 1.26. The summed E-state index contributed by atoms with van der Waals surface area (Å²) in [4.78, 5) is 2.08. The fourth-order valence-electron chi connectivity index (χ4n) is 1.50. The molecule has 5 nitrogen and oxygen atoms in total. The molecule has 2 atom stereocenters. The van der Waals surface area contributed by atoms with E-state index < -0.39 is 10.2 Å². The van der Waals surface area contributed by atoms with E-state index in [1.54, 1.807) is 0 Å². The van der Waals surface area contributed by atoms with Crippen LogP contribution in [0, 0.1) is 0 Å². The Morgan fingerprint density at radius 1 is 1.69 bits per heavy atom. The molecule has 78 valence electrons. The molecule has 13 heavy (non-hydrogen) atoms. The summed E-state index contributed by atoms with van der Waals surface area (Å²) in [5.41, 5.74) is 0. The number of nitrogens with two attached hydrogens (primary N) is 1. The molecule has 0 unspecified atom stereocenters. The number of rotatable bonds is 3. The van der Waals surface area contributed by atoms with Gasteiger partial charge in [0.25, 0.3) is 10.2 Å². The Hall–Kier alpha value is 0.180. The van der Waals surface area contributed by atoms with Crippen molar-refractivity contribution in [2.75, 3.05) is 20.1 Å². The second-order valence-corrected chi connectivity index (χ2v) is 5.49. The SMILES string of the molecule is CN1C[C@@H](S)C[C@H]1CNS(N)(=O)=O. The number of likely N-dealkylation sites (tertiary alicyclic amines) is 1. The minimum absolute atomic E-state index is 0.209. The minimum atomic E-state index is -3.55. The molecule has 0 aromatic heterocycles. The lowest BCUT2D eigenvalue weighted by atomic mass is 10.2. The summed E-state index contributed by atoms with van der Waals surface area (Å²) in [5.74, 6) is 0. The van der Waals surface area contributed by atoms with Crippen LogP contribution < -0.4 is 9.86 Å². The van der Waals surface area contributed by atoms with E-state index in [0.717, 1.165) is 13.0 Å². The third-order valence-electron chi connectivity index (χ3n) is 2.19. The first-order chi connectivity index (χ1) is 5.88. The highest BCUT2D eigenvalue weighted by atomic mass is 32.2. The topological polar surface area (TPSA) is 75.4 Å². The van der Waals surface area contributed by atoms with Gasteiger partial charge in [0.1, 0.15) is 0 Å². The summed E-state index contributed by atoms with van der Waals surface area (Å²) in [6, 6.07) is 0.209. The molecular formula is C6H15N3O2S2. The number of nitrogens with zero attached hydrogens (tertiary/aromatic N) is 1. The van der Waals surface area contributed by atoms with Crippen molar-refractivity contribution < 1.29 is 8.42 Å². The zero-order valence-electron chi connectivity index (χ0n) is 7.47. The van der Waals surface area contributed by atoms with E-state index in [-0.39, 0.29) is 6.04 Å². The third kappa shape index (κ3) is 3.82. The quantitative estimate of drug-likeness (QED) is 0.527. The molecule has 3 N–H and O–H groups in total. The van der Waals surface area contributed by atoms with Gasteiger partial charge in [-0.3, -0.25) is 0 Å². The molecule has 0 saturated carbocycles. The zero-order chi connectivity index (χ0) is 10.1. The second-order valence-electron chi connectivity index (χ2n) is 3.38. The second kappa shape index (κ2) is 4.14. The van der Waals surface area contributed by atoms with Crippen LogP contribution in [-0.4, -0.2) is 44.7 Å². The predicted molar refractivity (Wildman–Crippen MR) is 54.9 cm³/mol. The normalized spacial score (nSPS) is 31.0. The van der Waals surface area contributed by atoms with Crippen LogP contribution in [0.3, 0.4) is 0 Å². The Labute approximate surface area is 84.3 Å². The molecule has 0 aromatic carbocycles. The van der Waals surface area contributed by atoms with Crippen molar-refractivity contribution in [3.05, 3.63) is 0 Å². The molecule has 0 spiro atoms. The average molecular weight is 225 g/mol.